The average molecular weight is 311 g/mol. The van der Waals surface area contributed by atoms with Gasteiger partial charge in [-0.25, -0.2) is 0 Å². The van der Waals surface area contributed by atoms with E-state index in [0.29, 0.717) is 5.92 Å². The van der Waals surface area contributed by atoms with E-state index in [2.05, 4.69) is 72.9 Å². The van der Waals surface area contributed by atoms with Gasteiger partial charge in [0.25, 0.3) is 0 Å². The van der Waals surface area contributed by atoms with E-state index in [9.17, 15) is 0 Å². The van der Waals surface area contributed by atoms with Crippen molar-refractivity contribution in [3.05, 3.63) is 22.4 Å². The Kier molecular flexibility index (Phi) is 7.18. The van der Waals surface area contributed by atoms with Crippen LogP contribution in [-0.4, -0.2) is 51.6 Å². The molecule has 120 valence electrons. The molecule has 4 nitrogen and oxygen atoms in total. The summed E-state index contributed by atoms with van der Waals surface area (Å²) in [5.41, 5.74) is 0.209. The highest BCUT2D eigenvalue weighted by molar-refractivity contribution is 7.10. The lowest BCUT2D eigenvalue weighted by Gasteiger charge is -2.29. The Hall–Kier alpha value is -1.07. The Morgan fingerprint density at radius 1 is 1.38 bits per heavy atom. The summed E-state index contributed by atoms with van der Waals surface area (Å²) < 4.78 is 0. The fourth-order valence-electron chi connectivity index (χ4n) is 2.38. The van der Waals surface area contributed by atoms with Crippen molar-refractivity contribution in [2.75, 3.05) is 40.8 Å². The molecular weight excluding hydrogens is 280 g/mol. The van der Waals surface area contributed by atoms with Gasteiger partial charge in [0.1, 0.15) is 0 Å². The molecule has 1 heterocycles. The number of hydrogen-bond donors (Lipinski definition) is 2. The van der Waals surface area contributed by atoms with Crippen LogP contribution in [0.25, 0.3) is 0 Å². The van der Waals surface area contributed by atoms with Crippen molar-refractivity contribution >= 4 is 17.3 Å². The van der Waals surface area contributed by atoms with Crippen LogP contribution in [0.3, 0.4) is 0 Å². The number of nitrogens with one attached hydrogen (secondary N) is 2. The van der Waals surface area contributed by atoms with Crippen LogP contribution in [0, 0.1) is 5.41 Å². The first-order valence-corrected chi connectivity index (χ1v) is 8.34. The number of nitrogens with zero attached hydrogens (tertiary/aromatic N) is 2. The molecule has 1 aromatic heterocycles. The Morgan fingerprint density at radius 3 is 2.62 bits per heavy atom. The van der Waals surface area contributed by atoms with Crippen molar-refractivity contribution in [1.29, 1.82) is 0 Å². The van der Waals surface area contributed by atoms with Crippen molar-refractivity contribution in [2.24, 2.45) is 10.4 Å². The van der Waals surface area contributed by atoms with E-state index < -0.39 is 0 Å². The summed E-state index contributed by atoms with van der Waals surface area (Å²) in [6.45, 7) is 9.61. The van der Waals surface area contributed by atoms with Gasteiger partial charge in [0, 0.05) is 37.5 Å². The minimum Gasteiger partial charge on any atom is -0.356 e. The van der Waals surface area contributed by atoms with Crippen LogP contribution < -0.4 is 10.6 Å². The quantitative estimate of drug-likeness (QED) is 0.601. The van der Waals surface area contributed by atoms with Crippen LogP contribution in [-0.2, 0) is 0 Å². The van der Waals surface area contributed by atoms with Crippen molar-refractivity contribution in [3.8, 4) is 0 Å². The van der Waals surface area contributed by atoms with Crippen molar-refractivity contribution in [1.82, 2.24) is 15.5 Å². The molecule has 5 heteroatoms. The number of guanidine groups is 1. The molecule has 0 saturated heterocycles. The Labute approximate surface area is 133 Å². The molecule has 0 radical (unpaired) electrons. The molecule has 1 unspecified atom stereocenters. The van der Waals surface area contributed by atoms with Crippen molar-refractivity contribution < 1.29 is 0 Å². The highest BCUT2D eigenvalue weighted by Crippen LogP contribution is 2.19. The molecule has 1 atom stereocenters. The second-order valence-electron chi connectivity index (χ2n) is 6.63. The van der Waals surface area contributed by atoms with E-state index in [0.717, 1.165) is 25.6 Å². The maximum Gasteiger partial charge on any atom is 0.191 e. The summed E-state index contributed by atoms with van der Waals surface area (Å²) in [5.74, 6) is 1.38. The number of thiophene rings is 1. The third-order valence-electron chi connectivity index (χ3n) is 3.31. The highest BCUT2D eigenvalue weighted by atomic mass is 32.1. The van der Waals surface area contributed by atoms with Gasteiger partial charge in [-0.15, -0.1) is 11.3 Å². The first-order chi connectivity index (χ1) is 9.84. The van der Waals surface area contributed by atoms with Gasteiger partial charge in [0.05, 0.1) is 0 Å². The Bertz CT molecular complexity index is 423. The minimum absolute atomic E-state index is 0.209. The van der Waals surface area contributed by atoms with E-state index in [-0.39, 0.29) is 5.41 Å². The lowest BCUT2D eigenvalue weighted by atomic mass is 9.93. The first kappa shape index (κ1) is 18.0. The monoisotopic (exact) mass is 310 g/mol. The van der Waals surface area contributed by atoms with Gasteiger partial charge in [-0.05, 0) is 31.0 Å². The van der Waals surface area contributed by atoms with Crippen LogP contribution in [0.1, 0.15) is 31.6 Å². The number of hydrogen-bond acceptors (Lipinski definition) is 3. The molecule has 0 aliphatic carbocycles. The zero-order chi connectivity index (χ0) is 15.9. The topological polar surface area (TPSA) is 39.7 Å². The summed E-state index contributed by atoms with van der Waals surface area (Å²) >= 11 is 1.81. The molecule has 0 spiro atoms. The molecule has 0 aliphatic heterocycles. The van der Waals surface area contributed by atoms with E-state index in [1.54, 1.807) is 0 Å². The second kappa shape index (κ2) is 8.39. The third kappa shape index (κ3) is 6.96. The van der Waals surface area contributed by atoms with Crippen LogP contribution in [0.2, 0.25) is 0 Å². The minimum atomic E-state index is 0.209. The molecule has 0 aliphatic rings. The summed E-state index contributed by atoms with van der Waals surface area (Å²) in [5, 5.41) is 8.97. The summed E-state index contributed by atoms with van der Waals surface area (Å²) in [6.07, 6.45) is 0. The molecule has 0 bridgehead atoms. The SMILES string of the molecule is CN=C(NCC(C)c1cccs1)NCC(C)(C)CN(C)C. The molecular formula is C16H30N4S. The van der Waals surface area contributed by atoms with Gasteiger partial charge in [0.15, 0.2) is 5.96 Å². The molecule has 0 fully saturated rings. The Morgan fingerprint density at radius 2 is 2.10 bits per heavy atom. The van der Waals surface area contributed by atoms with Gasteiger partial charge in [0.2, 0.25) is 0 Å². The van der Waals surface area contributed by atoms with Gasteiger partial charge < -0.3 is 15.5 Å². The van der Waals surface area contributed by atoms with Gasteiger partial charge >= 0.3 is 0 Å². The fourth-order valence-corrected chi connectivity index (χ4v) is 3.16. The summed E-state index contributed by atoms with van der Waals surface area (Å²) in [6, 6.07) is 4.29. The zero-order valence-corrected chi connectivity index (χ0v) is 15.0. The molecule has 1 rings (SSSR count). The predicted molar refractivity (Wildman–Crippen MR) is 94.4 cm³/mol. The predicted octanol–water partition coefficient (Wildman–Crippen LogP) is 2.60. The first-order valence-electron chi connectivity index (χ1n) is 7.47. The lowest BCUT2D eigenvalue weighted by Crippen LogP contribution is -2.45. The highest BCUT2D eigenvalue weighted by Gasteiger charge is 2.19. The van der Waals surface area contributed by atoms with Crippen LogP contribution in [0.5, 0.6) is 0 Å². The van der Waals surface area contributed by atoms with Crippen LogP contribution in [0.4, 0.5) is 0 Å². The molecule has 0 saturated carbocycles. The maximum absolute atomic E-state index is 4.31. The molecule has 21 heavy (non-hydrogen) atoms. The normalized spacial score (nSPS) is 14.3. The number of rotatable bonds is 7. The standard InChI is InChI=1S/C16H30N4S/c1-13(14-8-7-9-21-14)10-18-15(17-4)19-11-16(2,3)12-20(5)6/h7-9,13H,10-12H2,1-6H3,(H2,17,18,19). The molecule has 0 amide bonds. The smallest absolute Gasteiger partial charge is 0.191 e. The van der Waals surface area contributed by atoms with E-state index in [1.807, 2.05) is 18.4 Å². The largest absolute Gasteiger partial charge is 0.356 e. The fraction of sp³-hybridized carbons (Fsp3) is 0.688. The van der Waals surface area contributed by atoms with Gasteiger partial charge in [-0.2, -0.15) is 0 Å². The molecule has 0 aromatic carbocycles. The number of aliphatic imine (C=N–C) groups is 1. The Balaban J connectivity index is 2.39. The average Bonchev–Trinajstić information content (AvgIpc) is 2.91. The lowest BCUT2D eigenvalue weighted by molar-refractivity contribution is 0.241. The van der Waals surface area contributed by atoms with Crippen LogP contribution >= 0.6 is 11.3 Å². The summed E-state index contributed by atoms with van der Waals surface area (Å²) in [7, 11) is 6.04. The van der Waals surface area contributed by atoms with Crippen LogP contribution in [0.15, 0.2) is 22.5 Å². The molecule has 1 aromatic rings. The third-order valence-corrected chi connectivity index (χ3v) is 4.41. The zero-order valence-electron chi connectivity index (χ0n) is 14.2. The molecule has 2 N–H and O–H groups in total. The van der Waals surface area contributed by atoms with E-state index in [1.165, 1.54) is 4.88 Å². The second-order valence-corrected chi connectivity index (χ2v) is 7.60. The van der Waals surface area contributed by atoms with E-state index >= 15 is 0 Å². The van der Waals surface area contributed by atoms with E-state index in [4.69, 9.17) is 0 Å². The van der Waals surface area contributed by atoms with Crippen molar-refractivity contribution in [2.45, 2.75) is 26.7 Å². The maximum atomic E-state index is 4.31. The van der Waals surface area contributed by atoms with Gasteiger partial charge in [-0.1, -0.05) is 26.8 Å². The van der Waals surface area contributed by atoms with Crippen molar-refractivity contribution in [3.63, 3.8) is 0 Å². The van der Waals surface area contributed by atoms with Gasteiger partial charge in [-0.3, -0.25) is 4.99 Å². The summed E-state index contributed by atoms with van der Waals surface area (Å²) in [4.78, 5) is 7.93.